The molecule has 236 valence electrons. The van der Waals surface area contributed by atoms with Gasteiger partial charge in [0.1, 0.15) is 32.2 Å². The number of fused-ring (bicyclic) bond motifs is 4. The van der Waals surface area contributed by atoms with Crippen LogP contribution in [-0.2, 0) is 43.5 Å². The molecule has 1 aliphatic carbocycles. The number of esters is 4. The highest BCUT2D eigenvalue weighted by molar-refractivity contribution is 5.94. The molecule has 0 unspecified atom stereocenters. The molecule has 0 amide bonds. The molecule has 0 spiro atoms. The Morgan fingerprint density at radius 3 is 1.64 bits per heavy atom. The monoisotopic (exact) mass is 614 g/mol. The summed E-state index contributed by atoms with van der Waals surface area (Å²) in [6.07, 6.45) is 0.769. The summed E-state index contributed by atoms with van der Waals surface area (Å²) in [7, 11) is 1.59. The lowest BCUT2D eigenvalue weighted by atomic mass is 9.71. The fourth-order valence-corrected chi connectivity index (χ4v) is 5.55. The summed E-state index contributed by atoms with van der Waals surface area (Å²) >= 11 is 0. The summed E-state index contributed by atoms with van der Waals surface area (Å²) in [4.78, 5) is 49.2. The molecule has 0 aromatic heterocycles. The lowest BCUT2D eigenvalue weighted by Crippen LogP contribution is -2.28. The van der Waals surface area contributed by atoms with E-state index in [0.29, 0.717) is 18.6 Å². The van der Waals surface area contributed by atoms with Crippen molar-refractivity contribution in [3.8, 4) is 16.9 Å². The molecule has 0 radical (unpaired) electrons. The van der Waals surface area contributed by atoms with Crippen molar-refractivity contribution in [3.05, 3.63) is 90.0 Å². The van der Waals surface area contributed by atoms with Gasteiger partial charge in [-0.2, -0.15) is 0 Å². The molecule has 9 nitrogen and oxygen atoms in total. The first-order valence-electron chi connectivity index (χ1n) is 14.7. The second kappa shape index (κ2) is 14.7. The molecule has 3 aromatic carbocycles. The first-order valence-corrected chi connectivity index (χ1v) is 14.7. The quantitative estimate of drug-likeness (QED) is 0.0880. The standard InChI is InChI=1S/C36H38O9/c1-23(2)34(39)44-18-16-42-32(37)12-14-36(15-13-33(38)43-17-19-45-35(40)24(3)4)30-21-26-9-7-6-8-25(26)20-29(30)28-11-10-27(41-5)22-31(28)36/h6-11,20-22H,1,3,12-19H2,2,4-5H3. The van der Waals surface area contributed by atoms with Crippen LogP contribution in [0, 0.1) is 0 Å². The van der Waals surface area contributed by atoms with Crippen LogP contribution in [0.3, 0.4) is 0 Å². The van der Waals surface area contributed by atoms with Gasteiger partial charge < -0.3 is 23.7 Å². The minimum atomic E-state index is -0.750. The summed E-state index contributed by atoms with van der Waals surface area (Å²) in [5, 5.41) is 2.10. The van der Waals surface area contributed by atoms with Gasteiger partial charge in [-0.25, -0.2) is 9.59 Å². The summed E-state index contributed by atoms with van der Waals surface area (Å²) in [5.74, 6) is -1.36. The molecule has 3 aromatic rings. The minimum Gasteiger partial charge on any atom is -0.497 e. The van der Waals surface area contributed by atoms with Crippen LogP contribution in [0.25, 0.3) is 21.9 Å². The van der Waals surface area contributed by atoms with E-state index in [1.165, 1.54) is 13.8 Å². The molecule has 0 bridgehead atoms. The van der Waals surface area contributed by atoms with Gasteiger partial charge in [-0.15, -0.1) is 0 Å². The topological polar surface area (TPSA) is 114 Å². The molecule has 0 atom stereocenters. The Bertz CT molecular complexity index is 1580. The van der Waals surface area contributed by atoms with Crippen LogP contribution in [-0.4, -0.2) is 57.4 Å². The number of hydrogen-bond donors (Lipinski definition) is 0. The molecule has 0 aliphatic heterocycles. The average molecular weight is 615 g/mol. The third-order valence-electron chi connectivity index (χ3n) is 7.80. The second-order valence-electron chi connectivity index (χ2n) is 11.0. The van der Waals surface area contributed by atoms with Gasteiger partial charge in [-0.3, -0.25) is 9.59 Å². The van der Waals surface area contributed by atoms with Gasteiger partial charge >= 0.3 is 23.9 Å². The molecular weight excluding hydrogens is 576 g/mol. The van der Waals surface area contributed by atoms with Crippen LogP contribution in [0.5, 0.6) is 5.75 Å². The highest BCUT2D eigenvalue weighted by Crippen LogP contribution is 2.55. The fraction of sp³-hybridized carbons (Fsp3) is 0.333. The van der Waals surface area contributed by atoms with Gasteiger partial charge in [-0.05, 0) is 84.0 Å². The molecule has 0 saturated carbocycles. The van der Waals surface area contributed by atoms with E-state index in [1.807, 2.05) is 36.4 Å². The number of carbonyl (C=O) groups excluding carboxylic acids is 4. The number of hydrogen-bond acceptors (Lipinski definition) is 9. The lowest BCUT2D eigenvalue weighted by molar-refractivity contribution is -0.150. The Hall–Kier alpha value is -4.92. The van der Waals surface area contributed by atoms with Crippen molar-refractivity contribution in [2.75, 3.05) is 33.5 Å². The van der Waals surface area contributed by atoms with E-state index in [9.17, 15) is 19.2 Å². The first kappa shape index (κ1) is 33.0. The maximum Gasteiger partial charge on any atom is 0.333 e. The molecular formula is C36H38O9. The van der Waals surface area contributed by atoms with Gasteiger partial charge in [-0.1, -0.05) is 43.5 Å². The number of benzene rings is 3. The molecule has 4 rings (SSSR count). The second-order valence-corrected chi connectivity index (χ2v) is 11.0. The summed E-state index contributed by atoms with van der Waals surface area (Å²) in [5.41, 5.74) is 3.73. The molecule has 0 saturated heterocycles. The van der Waals surface area contributed by atoms with Crippen molar-refractivity contribution in [3.63, 3.8) is 0 Å². The smallest absolute Gasteiger partial charge is 0.333 e. The maximum atomic E-state index is 13.0. The van der Waals surface area contributed by atoms with Crippen LogP contribution in [0.4, 0.5) is 0 Å². The number of carbonyl (C=O) groups is 4. The molecule has 45 heavy (non-hydrogen) atoms. The number of methoxy groups -OCH3 is 1. The number of ether oxygens (including phenoxy) is 5. The van der Waals surface area contributed by atoms with Crippen molar-refractivity contribution in [2.24, 2.45) is 0 Å². The first-order chi connectivity index (χ1) is 21.6. The summed E-state index contributed by atoms with van der Waals surface area (Å²) in [6, 6.07) is 18.2. The van der Waals surface area contributed by atoms with Gasteiger partial charge in [0.2, 0.25) is 0 Å². The van der Waals surface area contributed by atoms with Crippen LogP contribution in [0.1, 0.15) is 50.7 Å². The zero-order chi connectivity index (χ0) is 32.6. The number of rotatable bonds is 15. The SMILES string of the molecule is C=C(C)C(=O)OCCOC(=O)CCC1(CCC(=O)OCCOC(=O)C(=C)C)c2cc(OC)ccc2-c2cc3ccccc3cc21. The van der Waals surface area contributed by atoms with Crippen molar-refractivity contribution in [1.82, 2.24) is 0 Å². The Balaban J connectivity index is 1.60. The van der Waals surface area contributed by atoms with E-state index in [1.54, 1.807) is 7.11 Å². The van der Waals surface area contributed by atoms with Crippen LogP contribution >= 0.6 is 0 Å². The Labute approximate surface area is 262 Å². The summed E-state index contributed by atoms with van der Waals surface area (Å²) < 4.78 is 26.4. The third-order valence-corrected chi connectivity index (χ3v) is 7.80. The fourth-order valence-electron chi connectivity index (χ4n) is 5.55. The van der Waals surface area contributed by atoms with E-state index in [2.05, 4.69) is 31.4 Å². The van der Waals surface area contributed by atoms with Gasteiger partial charge in [0.25, 0.3) is 0 Å². The van der Waals surface area contributed by atoms with Crippen molar-refractivity contribution in [1.29, 1.82) is 0 Å². The van der Waals surface area contributed by atoms with Crippen molar-refractivity contribution < 1.29 is 42.9 Å². The molecule has 1 aliphatic rings. The molecule has 9 heteroatoms. The van der Waals surface area contributed by atoms with Crippen LogP contribution in [0.15, 0.2) is 78.9 Å². The van der Waals surface area contributed by atoms with E-state index < -0.39 is 29.3 Å². The Morgan fingerprint density at radius 2 is 1.13 bits per heavy atom. The largest absolute Gasteiger partial charge is 0.497 e. The third kappa shape index (κ3) is 7.78. The van der Waals surface area contributed by atoms with Crippen molar-refractivity contribution in [2.45, 2.75) is 44.9 Å². The summed E-state index contributed by atoms with van der Waals surface area (Å²) in [6.45, 7) is 9.82. The zero-order valence-corrected chi connectivity index (χ0v) is 25.9. The highest BCUT2D eigenvalue weighted by Gasteiger charge is 2.44. The highest BCUT2D eigenvalue weighted by atomic mass is 16.6. The van der Waals surface area contributed by atoms with Crippen LogP contribution in [0.2, 0.25) is 0 Å². The maximum absolute atomic E-state index is 13.0. The molecule has 0 N–H and O–H groups in total. The van der Waals surface area contributed by atoms with Gasteiger partial charge in [0.05, 0.1) is 7.11 Å². The molecule has 0 heterocycles. The Kier molecular flexibility index (Phi) is 10.8. The van der Waals surface area contributed by atoms with Gasteiger partial charge in [0, 0.05) is 29.4 Å². The van der Waals surface area contributed by atoms with Gasteiger partial charge in [0.15, 0.2) is 0 Å². The minimum absolute atomic E-state index is 0.0449. The van der Waals surface area contributed by atoms with E-state index in [4.69, 9.17) is 23.7 Å². The average Bonchev–Trinajstić information content (AvgIpc) is 3.29. The lowest BCUT2D eigenvalue weighted by Gasteiger charge is -2.32. The van der Waals surface area contributed by atoms with E-state index in [-0.39, 0.29) is 50.4 Å². The van der Waals surface area contributed by atoms with Crippen LogP contribution < -0.4 is 4.74 Å². The molecule has 0 fully saturated rings. The predicted molar refractivity (Wildman–Crippen MR) is 169 cm³/mol. The zero-order valence-electron chi connectivity index (χ0n) is 25.9. The Morgan fingerprint density at radius 1 is 0.644 bits per heavy atom. The van der Waals surface area contributed by atoms with E-state index >= 15 is 0 Å². The van der Waals surface area contributed by atoms with E-state index in [0.717, 1.165) is 33.0 Å². The van der Waals surface area contributed by atoms with Crippen molar-refractivity contribution >= 4 is 34.6 Å². The normalized spacial score (nSPS) is 12.4. The predicted octanol–water partition coefficient (Wildman–Crippen LogP) is 6.00.